The molecule has 2 aromatic heterocycles. The molecule has 0 fully saturated rings. The Labute approximate surface area is 120 Å². The largest absolute Gasteiger partial charge is 0.316 e. The zero-order valence-corrected chi connectivity index (χ0v) is 11.7. The Balaban J connectivity index is 2.01. The lowest BCUT2D eigenvalue weighted by Crippen LogP contribution is -2.08. The van der Waals surface area contributed by atoms with Crippen molar-refractivity contribution in [2.24, 2.45) is 0 Å². The van der Waals surface area contributed by atoms with E-state index in [9.17, 15) is 4.39 Å². The average molecular weight is 288 g/mol. The van der Waals surface area contributed by atoms with E-state index in [1.165, 1.54) is 17.8 Å². The number of fused-ring (bicyclic) bond motifs is 1. The Morgan fingerprint density at radius 2 is 2.10 bits per heavy atom. The predicted molar refractivity (Wildman–Crippen MR) is 76.3 cm³/mol. The van der Waals surface area contributed by atoms with Gasteiger partial charge in [-0.3, -0.25) is 4.40 Å². The molecule has 0 amide bonds. The maximum absolute atomic E-state index is 13.9. The van der Waals surface area contributed by atoms with Crippen molar-refractivity contribution < 1.29 is 4.39 Å². The van der Waals surface area contributed by atoms with Gasteiger partial charge >= 0.3 is 0 Å². The maximum atomic E-state index is 13.9. The number of rotatable bonds is 4. The molecule has 4 nitrogen and oxygen atoms in total. The summed E-state index contributed by atoms with van der Waals surface area (Å²) < 4.78 is 15.8. The SMILES string of the molecule is CNCc1c(F)cccc1Sc1nnc2ccccn12. The number of halogens is 1. The van der Waals surface area contributed by atoms with Crippen LogP contribution in [0.4, 0.5) is 4.39 Å². The maximum Gasteiger partial charge on any atom is 0.200 e. The molecule has 2 heterocycles. The van der Waals surface area contributed by atoms with Crippen molar-refractivity contribution in [3.05, 3.63) is 54.0 Å². The highest BCUT2D eigenvalue weighted by molar-refractivity contribution is 7.99. The van der Waals surface area contributed by atoms with Gasteiger partial charge in [-0.1, -0.05) is 12.1 Å². The van der Waals surface area contributed by atoms with E-state index in [1.54, 1.807) is 13.1 Å². The molecule has 1 N–H and O–H groups in total. The van der Waals surface area contributed by atoms with E-state index in [1.807, 2.05) is 34.9 Å². The predicted octanol–water partition coefficient (Wildman–Crippen LogP) is 2.74. The van der Waals surface area contributed by atoms with Crippen LogP contribution in [0.5, 0.6) is 0 Å². The molecule has 0 radical (unpaired) electrons. The Morgan fingerprint density at radius 1 is 1.20 bits per heavy atom. The number of benzene rings is 1. The summed E-state index contributed by atoms with van der Waals surface area (Å²) in [6, 6.07) is 10.8. The van der Waals surface area contributed by atoms with Crippen molar-refractivity contribution in [2.75, 3.05) is 7.05 Å². The molecule has 0 aliphatic heterocycles. The van der Waals surface area contributed by atoms with Crippen LogP contribution in [0.15, 0.2) is 52.6 Å². The van der Waals surface area contributed by atoms with Gasteiger partial charge in [0.2, 0.25) is 0 Å². The molecule has 20 heavy (non-hydrogen) atoms. The standard InChI is InChI=1S/C14H13FN4S/c1-16-9-10-11(15)5-4-6-12(10)20-14-18-17-13-7-2-3-8-19(13)14/h2-8,16H,9H2,1H3. The fourth-order valence-corrected chi connectivity index (χ4v) is 2.94. The van der Waals surface area contributed by atoms with E-state index in [0.29, 0.717) is 12.1 Å². The topological polar surface area (TPSA) is 42.2 Å². The number of pyridine rings is 1. The molecule has 3 rings (SSSR count). The van der Waals surface area contributed by atoms with E-state index >= 15 is 0 Å². The van der Waals surface area contributed by atoms with Crippen molar-refractivity contribution in [1.29, 1.82) is 0 Å². The van der Waals surface area contributed by atoms with Gasteiger partial charge in [0.1, 0.15) is 5.82 Å². The summed E-state index contributed by atoms with van der Waals surface area (Å²) >= 11 is 1.41. The first-order valence-corrected chi connectivity index (χ1v) is 7.01. The molecule has 1 aromatic carbocycles. The van der Waals surface area contributed by atoms with Crippen LogP contribution in [-0.4, -0.2) is 21.6 Å². The second-order valence-corrected chi connectivity index (χ2v) is 5.27. The minimum absolute atomic E-state index is 0.210. The molecular formula is C14H13FN4S. The molecule has 102 valence electrons. The van der Waals surface area contributed by atoms with Gasteiger partial charge in [-0.15, -0.1) is 10.2 Å². The third-order valence-corrected chi connectivity index (χ3v) is 3.98. The zero-order chi connectivity index (χ0) is 13.9. The van der Waals surface area contributed by atoms with Crippen molar-refractivity contribution in [2.45, 2.75) is 16.6 Å². The van der Waals surface area contributed by atoms with Gasteiger partial charge in [0.15, 0.2) is 10.8 Å². The van der Waals surface area contributed by atoms with Gasteiger partial charge in [-0.25, -0.2) is 4.39 Å². The third kappa shape index (κ3) is 2.39. The van der Waals surface area contributed by atoms with E-state index < -0.39 is 0 Å². The van der Waals surface area contributed by atoms with Crippen LogP contribution in [0.25, 0.3) is 5.65 Å². The van der Waals surface area contributed by atoms with E-state index in [0.717, 1.165) is 15.7 Å². The van der Waals surface area contributed by atoms with E-state index in [-0.39, 0.29) is 5.82 Å². The average Bonchev–Trinajstić information content (AvgIpc) is 2.86. The van der Waals surface area contributed by atoms with Gasteiger partial charge in [0, 0.05) is 23.2 Å². The minimum Gasteiger partial charge on any atom is -0.316 e. The molecule has 0 saturated heterocycles. The molecule has 0 saturated carbocycles. The van der Waals surface area contributed by atoms with Crippen molar-refractivity contribution in [3.8, 4) is 0 Å². The second-order valence-electron chi connectivity index (χ2n) is 4.26. The molecule has 0 aliphatic rings. The molecule has 0 bridgehead atoms. The normalized spacial score (nSPS) is 11.1. The van der Waals surface area contributed by atoms with Gasteiger partial charge < -0.3 is 5.32 Å². The van der Waals surface area contributed by atoms with E-state index in [4.69, 9.17) is 0 Å². The molecule has 0 spiro atoms. The number of nitrogens with one attached hydrogen (secondary N) is 1. The highest BCUT2D eigenvalue weighted by atomic mass is 32.2. The number of aromatic nitrogens is 3. The molecule has 0 unspecified atom stereocenters. The fraction of sp³-hybridized carbons (Fsp3) is 0.143. The van der Waals surface area contributed by atoms with Crippen LogP contribution in [0.1, 0.15) is 5.56 Å². The van der Waals surface area contributed by atoms with Crippen LogP contribution in [0.2, 0.25) is 0 Å². The first-order chi connectivity index (χ1) is 9.79. The lowest BCUT2D eigenvalue weighted by Gasteiger charge is -2.08. The second kappa shape index (κ2) is 5.60. The quantitative estimate of drug-likeness (QED) is 0.801. The highest BCUT2D eigenvalue weighted by Crippen LogP contribution is 2.30. The first kappa shape index (κ1) is 13.1. The molecule has 3 aromatic rings. The van der Waals surface area contributed by atoms with Crippen LogP contribution in [-0.2, 0) is 6.54 Å². The zero-order valence-electron chi connectivity index (χ0n) is 10.9. The van der Waals surface area contributed by atoms with Crippen molar-refractivity contribution >= 4 is 17.4 Å². The van der Waals surface area contributed by atoms with Gasteiger partial charge in [0.25, 0.3) is 0 Å². The summed E-state index contributed by atoms with van der Waals surface area (Å²) in [6.07, 6.45) is 1.90. The Morgan fingerprint density at radius 3 is 2.95 bits per heavy atom. The summed E-state index contributed by atoms with van der Waals surface area (Å²) in [5.74, 6) is -0.210. The van der Waals surface area contributed by atoms with Crippen LogP contribution in [0.3, 0.4) is 0 Å². The van der Waals surface area contributed by atoms with Crippen LogP contribution in [0, 0.1) is 5.82 Å². The highest BCUT2D eigenvalue weighted by Gasteiger charge is 2.12. The Kier molecular flexibility index (Phi) is 3.66. The first-order valence-electron chi connectivity index (χ1n) is 6.19. The Bertz CT molecular complexity index is 741. The minimum atomic E-state index is -0.210. The fourth-order valence-electron chi connectivity index (χ4n) is 1.97. The number of hydrogen-bond donors (Lipinski definition) is 1. The molecule has 0 aliphatic carbocycles. The van der Waals surface area contributed by atoms with E-state index in [2.05, 4.69) is 15.5 Å². The summed E-state index contributed by atoms with van der Waals surface area (Å²) in [6.45, 7) is 0.478. The summed E-state index contributed by atoms with van der Waals surface area (Å²) in [4.78, 5) is 0.845. The summed E-state index contributed by atoms with van der Waals surface area (Å²) in [5, 5.41) is 12.0. The Hall–Kier alpha value is -1.92. The molecule has 6 heteroatoms. The number of hydrogen-bond acceptors (Lipinski definition) is 4. The van der Waals surface area contributed by atoms with Crippen LogP contribution < -0.4 is 5.32 Å². The smallest absolute Gasteiger partial charge is 0.200 e. The lowest BCUT2D eigenvalue weighted by atomic mass is 10.2. The monoisotopic (exact) mass is 288 g/mol. The molecular weight excluding hydrogens is 275 g/mol. The lowest BCUT2D eigenvalue weighted by molar-refractivity contribution is 0.593. The van der Waals surface area contributed by atoms with Gasteiger partial charge in [-0.2, -0.15) is 0 Å². The summed E-state index contributed by atoms with van der Waals surface area (Å²) in [5.41, 5.74) is 1.43. The van der Waals surface area contributed by atoms with Gasteiger partial charge in [0.05, 0.1) is 0 Å². The van der Waals surface area contributed by atoms with Crippen LogP contribution >= 0.6 is 11.8 Å². The van der Waals surface area contributed by atoms with Gasteiger partial charge in [-0.05, 0) is 43.1 Å². The summed E-state index contributed by atoms with van der Waals surface area (Å²) in [7, 11) is 1.80. The van der Waals surface area contributed by atoms with Crippen molar-refractivity contribution in [3.63, 3.8) is 0 Å². The number of nitrogens with zero attached hydrogens (tertiary/aromatic N) is 3. The van der Waals surface area contributed by atoms with Crippen molar-refractivity contribution in [1.82, 2.24) is 19.9 Å². The third-order valence-electron chi connectivity index (χ3n) is 2.91. The molecule has 0 atom stereocenters.